The van der Waals surface area contributed by atoms with Crippen molar-refractivity contribution in [1.82, 2.24) is 5.32 Å². The number of aliphatic hydroxyl groups excluding tert-OH is 2. The molecule has 0 heterocycles. The summed E-state index contributed by atoms with van der Waals surface area (Å²) in [6.07, 6.45) is 70.9. The van der Waals surface area contributed by atoms with Crippen molar-refractivity contribution in [3.05, 3.63) is 24.3 Å². The smallest absolute Gasteiger partial charge is 0.305 e. The summed E-state index contributed by atoms with van der Waals surface area (Å²) in [6.45, 7) is 4.90. The van der Waals surface area contributed by atoms with Crippen molar-refractivity contribution >= 4 is 11.9 Å². The van der Waals surface area contributed by atoms with Crippen LogP contribution < -0.4 is 5.32 Å². The minimum atomic E-state index is -0.843. The van der Waals surface area contributed by atoms with Gasteiger partial charge in [0.25, 0.3) is 0 Å². The van der Waals surface area contributed by atoms with Gasteiger partial charge in [0.15, 0.2) is 0 Å². The first-order valence-corrected chi connectivity index (χ1v) is 30.6. The van der Waals surface area contributed by atoms with Gasteiger partial charge in [-0.3, -0.25) is 9.59 Å². The molecule has 0 fully saturated rings. The van der Waals surface area contributed by atoms with E-state index in [1.165, 1.54) is 270 Å². The number of ether oxygens (including phenoxy) is 1. The fraction of sp³-hybridized carbons (Fsp3) is 0.903. The zero-order chi connectivity index (χ0) is 49.3. The number of allylic oxidation sites excluding steroid dienone is 3. The van der Waals surface area contributed by atoms with E-state index in [2.05, 4.69) is 31.3 Å². The van der Waals surface area contributed by atoms with Crippen LogP contribution in [0.15, 0.2) is 24.3 Å². The second-order valence-electron chi connectivity index (χ2n) is 21.0. The molecule has 2 unspecified atom stereocenters. The van der Waals surface area contributed by atoms with E-state index in [1.54, 1.807) is 6.08 Å². The van der Waals surface area contributed by atoms with Crippen LogP contribution in [0.4, 0.5) is 0 Å². The maximum atomic E-state index is 12.4. The number of hydrogen-bond donors (Lipinski definition) is 3. The number of rotatable bonds is 57. The van der Waals surface area contributed by atoms with Gasteiger partial charge in [-0.15, -0.1) is 0 Å². The summed E-state index contributed by atoms with van der Waals surface area (Å²) < 4.78 is 5.49. The van der Waals surface area contributed by atoms with Crippen LogP contribution in [0.1, 0.15) is 335 Å². The second-order valence-corrected chi connectivity index (χ2v) is 21.0. The first-order valence-electron chi connectivity index (χ1n) is 30.6. The summed E-state index contributed by atoms with van der Waals surface area (Å²) in [4.78, 5) is 24.5. The number of carbonyl (C=O) groups excluding carboxylic acids is 2. The molecule has 6 heteroatoms. The lowest BCUT2D eigenvalue weighted by molar-refractivity contribution is -0.143. The standard InChI is InChI=1S/C62H119NO5/c1-3-5-7-9-11-13-15-16-29-33-36-40-44-48-52-56-62(67)68-57-53-49-45-41-37-34-31-28-26-24-22-20-18-17-19-21-23-25-27-30-32-35-39-43-47-51-55-61(66)63-59(58-64)60(65)54-50-46-42-38-14-12-10-8-6-4-2/h17,19,50,54,59-60,64-65H,3-16,18,20-49,51-53,55-58H2,1-2H3,(H,63,66)/b19-17-,54-50+. The van der Waals surface area contributed by atoms with Gasteiger partial charge in [-0.05, 0) is 57.8 Å². The van der Waals surface area contributed by atoms with E-state index < -0.39 is 12.1 Å². The molecule has 0 aliphatic rings. The van der Waals surface area contributed by atoms with Crippen LogP contribution in [-0.2, 0) is 14.3 Å². The van der Waals surface area contributed by atoms with Crippen LogP contribution >= 0.6 is 0 Å². The predicted octanol–water partition coefficient (Wildman–Crippen LogP) is 19.0. The number of unbranched alkanes of at least 4 members (excludes halogenated alkanes) is 44. The SMILES string of the molecule is CCCCCCCCCC/C=C/C(O)C(CO)NC(=O)CCCCCCCCCCCC/C=C\CCCCCCCCCCCCCCOC(=O)CCCCCCCCCCCCCCCCC. The number of amides is 1. The van der Waals surface area contributed by atoms with Gasteiger partial charge in [-0.1, -0.05) is 289 Å². The van der Waals surface area contributed by atoms with Crippen molar-refractivity contribution in [3.8, 4) is 0 Å². The first kappa shape index (κ1) is 66.3. The molecule has 68 heavy (non-hydrogen) atoms. The average molecular weight is 959 g/mol. The first-order chi connectivity index (χ1) is 33.5. The lowest BCUT2D eigenvalue weighted by Gasteiger charge is -2.20. The normalized spacial score (nSPS) is 12.7. The van der Waals surface area contributed by atoms with Crippen molar-refractivity contribution in [2.24, 2.45) is 0 Å². The monoisotopic (exact) mass is 958 g/mol. The lowest BCUT2D eigenvalue weighted by Crippen LogP contribution is -2.45. The molecule has 0 aliphatic carbocycles. The minimum Gasteiger partial charge on any atom is -0.466 e. The number of carbonyl (C=O) groups is 2. The van der Waals surface area contributed by atoms with Crippen LogP contribution in [0.5, 0.6) is 0 Å². The molecule has 0 saturated carbocycles. The molecule has 0 aromatic carbocycles. The molecular weight excluding hydrogens is 839 g/mol. The van der Waals surface area contributed by atoms with E-state index in [4.69, 9.17) is 4.74 Å². The number of nitrogens with one attached hydrogen (secondary N) is 1. The molecule has 2 atom stereocenters. The van der Waals surface area contributed by atoms with Crippen LogP contribution in [0.3, 0.4) is 0 Å². The molecule has 402 valence electrons. The third kappa shape index (κ3) is 53.7. The Morgan fingerprint density at radius 3 is 1.04 bits per heavy atom. The summed E-state index contributed by atoms with van der Waals surface area (Å²) >= 11 is 0. The Balaban J connectivity index is 3.37. The van der Waals surface area contributed by atoms with Crippen molar-refractivity contribution < 1.29 is 24.5 Å². The summed E-state index contributed by atoms with van der Waals surface area (Å²) in [5, 5.41) is 23.0. The Bertz CT molecular complexity index is 1060. The second kappa shape index (κ2) is 57.9. The Labute approximate surface area is 424 Å². The number of aliphatic hydroxyl groups is 2. The maximum absolute atomic E-state index is 12.4. The molecule has 3 N–H and O–H groups in total. The molecule has 0 aliphatic heterocycles. The van der Waals surface area contributed by atoms with Crippen LogP contribution in [-0.4, -0.2) is 47.4 Å². The fourth-order valence-corrected chi connectivity index (χ4v) is 9.51. The highest BCUT2D eigenvalue weighted by Gasteiger charge is 2.18. The Morgan fingerprint density at radius 1 is 0.397 bits per heavy atom. The van der Waals surface area contributed by atoms with Gasteiger partial charge in [0.2, 0.25) is 5.91 Å². The van der Waals surface area contributed by atoms with Gasteiger partial charge in [0.1, 0.15) is 0 Å². The Kier molecular flexibility index (Phi) is 56.5. The van der Waals surface area contributed by atoms with Crippen molar-refractivity contribution in [3.63, 3.8) is 0 Å². The third-order valence-electron chi connectivity index (χ3n) is 14.2. The zero-order valence-corrected chi connectivity index (χ0v) is 45.9. The largest absolute Gasteiger partial charge is 0.466 e. The van der Waals surface area contributed by atoms with E-state index in [1.807, 2.05) is 6.08 Å². The van der Waals surface area contributed by atoms with Crippen molar-refractivity contribution in [1.29, 1.82) is 0 Å². The van der Waals surface area contributed by atoms with E-state index in [9.17, 15) is 19.8 Å². The summed E-state index contributed by atoms with van der Waals surface area (Å²) in [7, 11) is 0. The van der Waals surface area contributed by atoms with E-state index in [0.717, 1.165) is 38.5 Å². The molecule has 0 spiro atoms. The predicted molar refractivity (Wildman–Crippen MR) is 296 cm³/mol. The van der Waals surface area contributed by atoms with Crippen LogP contribution in [0, 0.1) is 0 Å². The van der Waals surface area contributed by atoms with Crippen molar-refractivity contribution in [2.75, 3.05) is 13.2 Å². The zero-order valence-electron chi connectivity index (χ0n) is 45.9. The van der Waals surface area contributed by atoms with Gasteiger partial charge in [-0.2, -0.15) is 0 Å². The van der Waals surface area contributed by atoms with Crippen molar-refractivity contribution in [2.45, 2.75) is 347 Å². The minimum absolute atomic E-state index is 0.0169. The molecule has 0 radical (unpaired) electrons. The average Bonchev–Trinajstić information content (AvgIpc) is 3.34. The summed E-state index contributed by atoms with van der Waals surface area (Å²) in [5.74, 6) is -0.0541. The highest BCUT2D eigenvalue weighted by atomic mass is 16.5. The maximum Gasteiger partial charge on any atom is 0.305 e. The van der Waals surface area contributed by atoms with Gasteiger partial charge in [0, 0.05) is 12.8 Å². The summed E-state index contributed by atoms with van der Waals surface area (Å²) in [5.41, 5.74) is 0. The van der Waals surface area contributed by atoms with E-state index >= 15 is 0 Å². The fourth-order valence-electron chi connectivity index (χ4n) is 9.51. The molecular formula is C62H119NO5. The van der Waals surface area contributed by atoms with Gasteiger partial charge in [-0.25, -0.2) is 0 Å². The molecule has 0 aromatic rings. The Hall–Kier alpha value is -1.66. The molecule has 0 saturated heterocycles. The van der Waals surface area contributed by atoms with Gasteiger partial charge in [0.05, 0.1) is 25.4 Å². The summed E-state index contributed by atoms with van der Waals surface area (Å²) in [6, 6.07) is -0.627. The highest BCUT2D eigenvalue weighted by Crippen LogP contribution is 2.17. The number of esters is 1. The molecule has 0 bridgehead atoms. The quantitative estimate of drug-likeness (QED) is 0.0321. The van der Waals surface area contributed by atoms with Gasteiger partial charge < -0.3 is 20.3 Å². The van der Waals surface area contributed by atoms with Crippen LogP contribution in [0.25, 0.3) is 0 Å². The molecule has 6 nitrogen and oxygen atoms in total. The van der Waals surface area contributed by atoms with E-state index in [0.29, 0.717) is 19.4 Å². The Morgan fingerprint density at radius 2 is 0.691 bits per heavy atom. The lowest BCUT2D eigenvalue weighted by atomic mass is 10.0. The van der Waals surface area contributed by atoms with Crippen LogP contribution in [0.2, 0.25) is 0 Å². The topological polar surface area (TPSA) is 95.9 Å². The molecule has 1 amide bonds. The van der Waals surface area contributed by atoms with E-state index in [-0.39, 0.29) is 18.5 Å². The number of hydrogen-bond acceptors (Lipinski definition) is 5. The molecule has 0 rings (SSSR count). The highest BCUT2D eigenvalue weighted by molar-refractivity contribution is 5.76. The molecule has 0 aromatic heterocycles. The third-order valence-corrected chi connectivity index (χ3v) is 14.2. The van der Waals surface area contributed by atoms with Gasteiger partial charge >= 0.3 is 5.97 Å².